The number of alkyl halides is 3. The molecule has 1 aliphatic rings. The summed E-state index contributed by atoms with van der Waals surface area (Å²) < 4.78 is 39.2. The topological polar surface area (TPSA) is 61.4 Å². The molecule has 0 aliphatic carbocycles. The Labute approximate surface area is 231 Å². The predicted octanol–water partition coefficient (Wildman–Crippen LogP) is 6.72. The van der Waals surface area contributed by atoms with Crippen LogP contribution in [0.25, 0.3) is 11.4 Å². The van der Waals surface area contributed by atoms with Crippen molar-refractivity contribution in [1.82, 2.24) is 14.9 Å². The van der Waals surface area contributed by atoms with E-state index in [2.05, 4.69) is 22.3 Å². The molecule has 6 nitrogen and oxygen atoms in total. The summed E-state index contributed by atoms with van der Waals surface area (Å²) in [6, 6.07) is 22.5. The van der Waals surface area contributed by atoms with Crippen LogP contribution >= 0.6 is 0 Å². The lowest BCUT2D eigenvalue weighted by Crippen LogP contribution is -2.50. The highest BCUT2D eigenvalue weighted by Gasteiger charge is 2.31. The molecule has 1 aliphatic heterocycles. The summed E-state index contributed by atoms with van der Waals surface area (Å²) in [6.07, 6.45) is -3.80. The summed E-state index contributed by atoms with van der Waals surface area (Å²) in [4.78, 5) is 26.5. The Morgan fingerprint density at radius 1 is 0.875 bits per heavy atom. The zero-order chi connectivity index (χ0) is 28.3. The van der Waals surface area contributed by atoms with Gasteiger partial charge in [-0.25, -0.2) is 14.8 Å². The lowest BCUT2D eigenvalue weighted by atomic mass is 10.0. The minimum absolute atomic E-state index is 0.113. The van der Waals surface area contributed by atoms with Crippen molar-refractivity contribution in [3.8, 4) is 11.4 Å². The maximum atomic E-state index is 13.1. The van der Waals surface area contributed by atoms with Crippen LogP contribution in [-0.2, 0) is 12.6 Å². The summed E-state index contributed by atoms with van der Waals surface area (Å²) >= 11 is 0. The van der Waals surface area contributed by atoms with E-state index >= 15 is 0 Å². The van der Waals surface area contributed by atoms with Gasteiger partial charge in [-0.05, 0) is 37.6 Å². The zero-order valence-corrected chi connectivity index (χ0v) is 22.4. The van der Waals surface area contributed by atoms with Crippen molar-refractivity contribution in [3.63, 3.8) is 0 Å². The quantitative estimate of drug-likeness (QED) is 0.302. The summed E-state index contributed by atoms with van der Waals surface area (Å²) in [5.41, 5.74) is 4.48. The van der Waals surface area contributed by atoms with Crippen LogP contribution in [0.15, 0.2) is 78.9 Å². The Bertz CT molecular complexity index is 1480. The van der Waals surface area contributed by atoms with Crippen molar-refractivity contribution in [2.24, 2.45) is 0 Å². The number of rotatable bonds is 5. The average Bonchev–Trinajstić information content (AvgIpc) is 2.95. The van der Waals surface area contributed by atoms with Gasteiger partial charge in [0.15, 0.2) is 5.82 Å². The number of anilines is 2. The van der Waals surface area contributed by atoms with Crippen LogP contribution < -0.4 is 10.2 Å². The van der Waals surface area contributed by atoms with Gasteiger partial charge in [0.25, 0.3) is 0 Å². The van der Waals surface area contributed by atoms with Crippen molar-refractivity contribution < 1.29 is 18.0 Å². The number of carbonyl (C=O) groups is 1. The Hall–Kier alpha value is -4.40. The minimum Gasteiger partial charge on any atom is -0.353 e. The Kier molecular flexibility index (Phi) is 7.73. The molecule has 0 unspecified atom stereocenters. The lowest BCUT2D eigenvalue weighted by Gasteiger charge is -2.36. The molecule has 0 atom stereocenters. The second-order valence-electron chi connectivity index (χ2n) is 9.95. The Morgan fingerprint density at radius 2 is 1.57 bits per heavy atom. The van der Waals surface area contributed by atoms with Gasteiger partial charge in [-0.3, -0.25) is 0 Å². The van der Waals surface area contributed by atoms with Crippen LogP contribution in [0.1, 0.15) is 27.9 Å². The fourth-order valence-corrected chi connectivity index (χ4v) is 4.78. The number of hydrogen-bond acceptors (Lipinski definition) is 4. The molecule has 5 rings (SSSR count). The maximum absolute atomic E-state index is 13.1. The van der Waals surface area contributed by atoms with E-state index < -0.39 is 17.8 Å². The molecule has 1 aromatic heterocycles. The number of aryl methyl sites for hydroxylation is 2. The average molecular weight is 546 g/mol. The standard InChI is InChI=1S/C31H30F3N5O/c1-21-11-13-24(14-12-21)28-35-22(2)27(19-23-7-4-3-5-8-23)29(37-28)38-15-17-39(18-16-38)30(40)36-26-10-6-9-25(20-26)31(32,33)34/h3-14,20H,15-19H2,1-2H3,(H,36,40). The Balaban J connectivity index is 1.36. The maximum Gasteiger partial charge on any atom is 0.416 e. The van der Waals surface area contributed by atoms with E-state index in [1.807, 2.05) is 56.3 Å². The summed E-state index contributed by atoms with van der Waals surface area (Å²) in [5, 5.41) is 2.61. The fraction of sp³-hybridized carbons (Fsp3) is 0.258. The Morgan fingerprint density at radius 3 is 2.25 bits per heavy atom. The molecular weight excluding hydrogens is 515 g/mol. The molecule has 0 saturated carbocycles. The van der Waals surface area contributed by atoms with Crippen LogP contribution in [0.4, 0.5) is 29.5 Å². The monoisotopic (exact) mass is 545 g/mol. The molecule has 0 radical (unpaired) electrons. The first kappa shape index (κ1) is 27.2. The molecule has 206 valence electrons. The molecular formula is C31H30F3N5O. The highest BCUT2D eigenvalue weighted by molar-refractivity contribution is 5.89. The summed E-state index contributed by atoms with van der Waals surface area (Å²) in [6.45, 7) is 5.90. The van der Waals surface area contributed by atoms with Crippen molar-refractivity contribution in [1.29, 1.82) is 0 Å². The molecule has 0 spiro atoms. The number of nitrogens with zero attached hydrogens (tertiary/aromatic N) is 4. The summed E-state index contributed by atoms with van der Waals surface area (Å²) in [7, 11) is 0. The minimum atomic E-state index is -4.48. The third kappa shape index (κ3) is 6.25. The third-order valence-corrected chi connectivity index (χ3v) is 7.03. The summed E-state index contributed by atoms with van der Waals surface area (Å²) in [5.74, 6) is 1.49. The SMILES string of the molecule is Cc1ccc(-c2nc(C)c(Cc3ccccc3)c(N3CCN(C(=O)Nc4cccc(C(F)(F)F)c4)CC3)n2)cc1. The van der Waals surface area contributed by atoms with Gasteiger partial charge in [-0.1, -0.05) is 66.2 Å². The number of amides is 2. The van der Waals surface area contributed by atoms with E-state index in [0.717, 1.165) is 45.9 Å². The number of nitrogens with one attached hydrogen (secondary N) is 1. The number of hydrogen-bond donors (Lipinski definition) is 1. The lowest BCUT2D eigenvalue weighted by molar-refractivity contribution is -0.137. The van der Waals surface area contributed by atoms with Gasteiger partial charge in [-0.2, -0.15) is 13.2 Å². The molecule has 9 heteroatoms. The number of piperazine rings is 1. The smallest absolute Gasteiger partial charge is 0.353 e. The molecule has 4 aromatic rings. The largest absolute Gasteiger partial charge is 0.416 e. The van der Waals surface area contributed by atoms with Crippen LogP contribution in [0.2, 0.25) is 0 Å². The molecule has 2 amide bonds. The van der Waals surface area contributed by atoms with Crippen LogP contribution in [0.3, 0.4) is 0 Å². The molecule has 1 N–H and O–H groups in total. The second-order valence-corrected chi connectivity index (χ2v) is 9.95. The number of halogens is 3. The highest BCUT2D eigenvalue weighted by Crippen LogP contribution is 2.31. The second kappa shape index (κ2) is 11.4. The van der Waals surface area contributed by atoms with Gasteiger partial charge in [0.05, 0.1) is 5.56 Å². The molecule has 3 aromatic carbocycles. The first-order chi connectivity index (χ1) is 19.2. The fourth-order valence-electron chi connectivity index (χ4n) is 4.78. The normalized spacial score (nSPS) is 13.8. The van der Waals surface area contributed by atoms with Gasteiger partial charge < -0.3 is 15.1 Å². The van der Waals surface area contributed by atoms with Crippen LogP contribution in [0, 0.1) is 13.8 Å². The molecule has 40 heavy (non-hydrogen) atoms. The molecule has 2 heterocycles. The highest BCUT2D eigenvalue weighted by atomic mass is 19.4. The van der Waals surface area contributed by atoms with Crippen molar-refractivity contribution in [2.75, 3.05) is 36.4 Å². The van der Waals surface area contributed by atoms with Crippen LogP contribution in [0.5, 0.6) is 0 Å². The van der Waals surface area contributed by atoms with E-state index in [1.54, 1.807) is 4.90 Å². The zero-order valence-electron chi connectivity index (χ0n) is 22.4. The van der Waals surface area contributed by atoms with Crippen molar-refractivity contribution in [3.05, 3.63) is 107 Å². The predicted molar refractivity (Wildman–Crippen MR) is 150 cm³/mol. The number of urea groups is 1. The first-order valence-electron chi connectivity index (χ1n) is 13.1. The molecule has 0 bridgehead atoms. The van der Waals surface area contributed by atoms with E-state index in [-0.39, 0.29) is 5.69 Å². The van der Waals surface area contributed by atoms with E-state index in [4.69, 9.17) is 9.97 Å². The first-order valence-corrected chi connectivity index (χ1v) is 13.1. The third-order valence-electron chi connectivity index (χ3n) is 7.03. The number of aromatic nitrogens is 2. The van der Waals surface area contributed by atoms with Gasteiger partial charge in [0, 0.05) is 55.1 Å². The van der Waals surface area contributed by atoms with E-state index in [1.165, 1.54) is 12.1 Å². The number of carbonyl (C=O) groups excluding carboxylic acids is 1. The van der Waals surface area contributed by atoms with Gasteiger partial charge in [0.2, 0.25) is 0 Å². The van der Waals surface area contributed by atoms with Crippen molar-refractivity contribution in [2.45, 2.75) is 26.4 Å². The van der Waals surface area contributed by atoms with E-state index in [9.17, 15) is 18.0 Å². The van der Waals surface area contributed by atoms with E-state index in [0.29, 0.717) is 38.4 Å². The van der Waals surface area contributed by atoms with Gasteiger partial charge in [0.1, 0.15) is 5.82 Å². The number of benzene rings is 3. The van der Waals surface area contributed by atoms with Crippen molar-refractivity contribution >= 4 is 17.5 Å². The molecule has 1 fully saturated rings. The van der Waals surface area contributed by atoms with Crippen LogP contribution in [-0.4, -0.2) is 47.1 Å². The van der Waals surface area contributed by atoms with Gasteiger partial charge in [-0.15, -0.1) is 0 Å². The van der Waals surface area contributed by atoms with Gasteiger partial charge >= 0.3 is 12.2 Å². The molecule has 1 saturated heterocycles.